The lowest BCUT2D eigenvalue weighted by Gasteiger charge is -2.39. The van der Waals surface area contributed by atoms with Gasteiger partial charge in [0.2, 0.25) is 0 Å². The second-order valence-electron chi connectivity index (χ2n) is 8.62. The van der Waals surface area contributed by atoms with Crippen molar-refractivity contribution >= 4 is 30.5 Å². The van der Waals surface area contributed by atoms with E-state index in [1.54, 1.807) is 6.07 Å². The van der Waals surface area contributed by atoms with Crippen molar-refractivity contribution in [2.24, 2.45) is 0 Å². The van der Waals surface area contributed by atoms with Gasteiger partial charge in [-0.15, -0.1) is 24.8 Å². The van der Waals surface area contributed by atoms with E-state index in [0.29, 0.717) is 25.8 Å². The fourth-order valence-corrected chi connectivity index (χ4v) is 3.91. The van der Waals surface area contributed by atoms with Gasteiger partial charge in [0, 0.05) is 38.9 Å². The lowest BCUT2D eigenvalue weighted by atomic mass is 9.88. The summed E-state index contributed by atoms with van der Waals surface area (Å²) in [7, 11) is 2.04. The molecule has 2 aromatic carbocycles. The summed E-state index contributed by atoms with van der Waals surface area (Å²) in [5.74, 6) is -0.744. The summed E-state index contributed by atoms with van der Waals surface area (Å²) in [6.07, 6.45) is 4.21. The van der Waals surface area contributed by atoms with Crippen molar-refractivity contribution < 1.29 is 18.6 Å². The largest absolute Gasteiger partial charge is 0.494 e. The molecule has 4 nitrogen and oxygen atoms in total. The van der Waals surface area contributed by atoms with Gasteiger partial charge in [-0.3, -0.25) is 4.90 Å². The zero-order valence-electron chi connectivity index (χ0n) is 19.4. The average Bonchev–Trinajstić information content (AvgIpc) is 2.77. The van der Waals surface area contributed by atoms with Crippen LogP contribution in [0.3, 0.4) is 0 Å². The second-order valence-corrected chi connectivity index (χ2v) is 8.62. The Morgan fingerprint density at radius 1 is 1.03 bits per heavy atom. The van der Waals surface area contributed by atoms with Crippen LogP contribution in [0.15, 0.2) is 42.5 Å². The highest BCUT2D eigenvalue weighted by Crippen LogP contribution is 2.28. The highest BCUT2D eigenvalue weighted by atomic mass is 35.5. The quantitative estimate of drug-likeness (QED) is 0.412. The third kappa shape index (κ3) is 8.93. The molecule has 0 aliphatic carbocycles. The summed E-state index contributed by atoms with van der Waals surface area (Å²) < 4.78 is 32.2. The minimum Gasteiger partial charge on any atom is -0.494 e. The molecule has 0 aromatic heterocycles. The van der Waals surface area contributed by atoms with Crippen LogP contribution in [0, 0.1) is 11.6 Å². The zero-order chi connectivity index (χ0) is 22.3. The van der Waals surface area contributed by atoms with Crippen molar-refractivity contribution in [2.45, 2.75) is 51.2 Å². The van der Waals surface area contributed by atoms with Crippen molar-refractivity contribution in [1.82, 2.24) is 4.90 Å². The van der Waals surface area contributed by atoms with Crippen molar-refractivity contribution in [3.05, 3.63) is 59.7 Å². The molecule has 8 heteroatoms. The molecule has 1 saturated heterocycles. The summed E-state index contributed by atoms with van der Waals surface area (Å²) in [5.41, 5.74) is 1.16. The first kappa shape index (κ1) is 29.4. The third-order valence-corrected chi connectivity index (χ3v) is 6.13. The Bertz CT molecular complexity index is 832. The van der Waals surface area contributed by atoms with Gasteiger partial charge in [0.05, 0.1) is 12.2 Å². The van der Waals surface area contributed by atoms with Crippen LogP contribution in [-0.4, -0.2) is 48.9 Å². The van der Waals surface area contributed by atoms with Crippen LogP contribution in [0.1, 0.15) is 44.6 Å². The van der Waals surface area contributed by atoms with Gasteiger partial charge >= 0.3 is 0 Å². The third-order valence-electron chi connectivity index (χ3n) is 6.13. The average molecular weight is 505 g/mol. The van der Waals surface area contributed by atoms with Gasteiger partial charge in [0.15, 0.2) is 11.6 Å². The van der Waals surface area contributed by atoms with E-state index in [9.17, 15) is 13.9 Å². The fourth-order valence-electron chi connectivity index (χ4n) is 3.91. The lowest BCUT2D eigenvalue weighted by Crippen LogP contribution is -2.45. The highest BCUT2D eigenvalue weighted by molar-refractivity contribution is 5.85. The molecule has 33 heavy (non-hydrogen) atoms. The number of nitrogens with zero attached hydrogens (tertiary/aromatic N) is 2. The molecule has 0 saturated carbocycles. The number of unbranched alkanes of at least 4 members (excludes halogenated alkanes) is 1. The molecule has 3 rings (SSSR count). The van der Waals surface area contributed by atoms with Crippen molar-refractivity contribution in [3.63, 3.8) is 0 Å². The summed E-state index contributed by atoms with van der Waals surface area (Å²) >= 11 is 0. The van der Waals surface area contributed by atoms with Gasteiger partial charge in [0.25, 0.3) is 0 Å². The predicted octanol–water partition coefficient (Wildman–Crippen LogP) is 5.84. The van der Waals surface area contributed by atoms with Crippen LogP contribution in [0.5, 0.6) is 5.75 Å². The molecule has 0 bridgehead atoms. The van der Waals surface area contributed by atoms with Gasteiger partial charge in [-0.05, 0) is 67.6 Å². The van der Waals surface area contributed by atoms with E-state index in [0.717, 1.165) is 56.1 Å². The van der Waals surface area contributed by atoms with Gasteiger partial charge in [0.1, 0.15) is 5.75 Å². The van der Waals surface area contributed by atoms with Gasteiger partial charge in [-0.2, -0.15) is 0 Å². The van der Waals surface area contributed by atoms with E-state index < -0.39 is 17.2 Å². The molecule has 0 amide bonds. The van der Waals surface area contributed by atoms with Crippen molar-refractivity contribution in [3.8, 4) is 5.75 Å². The van der Waals surface area contributed by atoms with Crippen molar-refractivity contribution in [2.75, 3.05) is 38.2 Å². The maximum absolute atomic E-state index is 13.4. The summed E-state index contributed by atoms with van der Waals surface area (Å²) in [4.78, 5) is 4.34. The number of anilines is 1. The number of hydrogen-bond acceptors (Lipinski definition) is 4. The molecular weight excluding hydrogens is 469 g/mol. The molecule has 2 aromatic rings. The summed E-state index contributed by atoms with van der Waals surface area (Å²) in [5, 5.41) is 11.0. The Morgan fingerprint density at radius 2 is 1.70 bits per heavy atom. The van der Waals surface area contributed by atoms with E-state index >= 15 is 0 Å². The molecule has 0 atom stereocenters. The van der Waals surface area contributed by atoms with Crippen LogP contribution in [-0.2, 0) is 6.54 Å². The van der Waals surface area contributed by atoms with Gasteiger partial charge < -0.3 is 14.7 Å². The molecular formula is C25H36Cl2F2N2O2. The minimum atomic E-state index is -0.820. The van der Waals surface area contributed by atoms with Crippen LogP contribution in [0.2, 0.25) is 0 Å². The Morgan fingerprint density at radius 3 is 2.30 bits per heavy atom. The Balaban J connectivity index is 0.00000272. The zero-order valence-corrected chi connectivity index (χ0v) is 21.1. The smallest absolute Gasteiger partial charge is 0.159 e. The number of likely N-dealkylation sites (tertiary alicyclic amines) is 1. The summed E-state index contributed by atoms with van der Waals surface area (Å²) in [6, 6.07) is 12.1. The van der Waals surface area contributed by atoms with E-state index in [1.807, 2.05) is 19.2 Å². The first-order chi connectivity index (χ1) is 14.9. The Kier molecular flexibility index (Phi) is 12.4. The van der Waals surface area contributed by atoms with E-state index in [1.165, 1.54) is 12.1 Å². The van der Waals surface area contributed by atoms with E-state index in [4.69, 9.17) is 4.74 Å². The first-order valence-electron chi connectivity index (χ1n) is 11.2. The molecule has 1 aliphatic heterocycles. The number of aliphatic hydroxyl groups is 1. The molecule has 1 N–H and O–H groups in total. The molecule has 0 radical (unpaired) electrons. The van der Waals surface area contributed by atoms with Crippen LogP contribution in [0.25, 0.3) is 0 Å². The lowest BCUT2D eigenvalue weighted by molar-refractivity contribution is -0.0275. The van der Waals surface area contributed by atoms with Gasteiger partial charge in [-0.1, -0.05) is 19.4 Å². The van der Waals surface area contributed by atoms with Crippen molar-refractivity contribution in [1.29, 1.82) is 0 Å². The summed E-state index contributed by atoms with van der Waals surface area (Å²) in [6.45, 7) is 5.69. The number of benzene rings is 2. The topological polar surface area (TPSA) is 35.9 Å². The second kappa shape index (κ2) is 14.0. The highest BCUT2D eigenvalue weighted by Gasteiger charge is 2.32. The number of hydrogen-bond donors (Lipinski definition) is 1. The van der Waals surface area contributed by atoms with E-state index in [-0.39, 0.29) is 24.8 Å². The molecule has 186 valence electrons. The molecule has 1 aliphatic rings. The maximum atomic E-state index is 13.4. The number of ether oxygens (including phenoxy) is 1. The molecule has 0 spiro atoms. The van der Waals surface area contributed by atoms with Crippen LogP contribution < -0.4 is 9.64 Å². The Labute approximate surface area is 208 Å². The van der Waals surface area contributed by atoms with E-state index in [2.05, 4.69) is 28.9 Å². The number of piperidine rings is 1. The molecule has 1 heterocycles. The standard InChI is InChI=1S/C25H34F2N2O2.2ClH/c1-3-4-17-31-22-8-6-21(7-9-22)28(2)14-11-25(30)12-15-29(16-13-25)19-20-5-10-23(26)24(27)18-20;;/h5-10,18,30H,3-4,11-17,19H2,1-2H3;2*1H. The van der Waals surface area contributed by atoms with Gasteiger partial charge in [-0.25, -0.2) is 8.78 Å². The fraction of sp³-hybridized carbons (Fsp3) is 0.520. The predicted molar refractivity (Wildman–Crippen MR) is 135 cm³/mol. The monoisotopic (exact) mass is 504 g/mol. The SMILES string of the molecule is CCCCOc1ccc(N(C)CCC2(O)CCN(Cc3ccc(F)c(F)c3)CC2)cc1.Cl.Cl. The molecule has 0 unspecified atom stereocenters. The molecule has 1 fully saturated rings. The number of rotatable bonds is 10. The maximum Gasteiger partial charge on any atom is 0.159 e. The minimum absolute atomic E-state index is 0. The Hall–Kier alpha value is -1.60. The normalized spacial score (nSPS) is 15.3. The van der Waals surface area contributed by atoms with Crippen LogP contribution in [0.4, 0.5) is 14.5 Å². The first-order valence-corrected chi connectivity index (χ1v) is 11.2. The number of halogens is 4. The van der Waals surface area contributed by atoms with Crippen LogP contribution >= 0.6 is 24.8 Å².